The molecule has 0 aliphatic rings. The first-order chi connectivity index (χ1) is 4.63. The van der Waals surface area contributed by atoms with Gasteiger partial charge in [-0.3, -0.25) is 0 Å². The molecular formula is C6H8Fe2O6. The second kappa shape index (κ2) is 18.6. The van der Waals surface area contributed by atoms with E-state index < -0.39 is 11.9 Å². The van der Waals surface area contributed by atoms with Crippen LogP contribution in [-0.4, -0.2) is 11.9 Å². The second-order valence-electron chi connectivity index (χ2n) is 1.95. The molecule has 0 saturated heterocycles. The fourth-order valence-electron chi connectivity index (χ4n) is 0.539. The van der Waals surface area contributed by atoms with Crippen molar-refractivity contribution >= 4 is 11.9 Å². The van der Waals surface area contributed by atoms with Crippen molar-refractivity contribution in [2.24, 2.45) is 0 Å². The minimum Gasteiger partial charge on any atom is -2.00 e. The molecule has 0 heterocycles. The molecule has 84 valence electrons. The SMILES string of the molecule is O=C([O-])CCCCC(=O)[O-].[Fe+3].[Fe+3].[O-2].[O-2]. The predicted molar refractivity (Wildman–Crippen MR) is 29.9 cm³/mol. The van der Waals surface area contributed by atoms with E-state index in [9.17, 15) is 19.8 Å². The number of hydrogen-bond donors (Lipinski definition) is 0. The zero-order chi connectivity index (χ0) is 7.98. The maximum absolute atomic E-state index is 9.77. The maximum Gasteiger partial charge on any atom is 3.00 e. The van der Waals surface area contributed by atoms with Crippen LogP contribution in [0.25, 0.3) is 0 Å². The molecule has 0 fully saturated rings. The van der Waals surface area contributed by atoms with Crippen LogP contribution in [0, 0.1) is 0 Å². The van der Waals surface area contributed by atoms with Crippen LogP contribution in [-0.2, 0) is 54.7 Å². The first kappa shape index (κ1) is 29.2. The number of carbonyl (C=O) groups excluding carboxylic acids is 2. The summed E-state index contributed by atoms with van der Waals surface area (Å²) in [5, 5.41) is 19.5. The van der Waals surface area contributed by atoms with Crippen LogP contribution in [0.3, 0.4) is 0 Å². The Bertz CT molecular complexity index is 124. The molecule has 0 unspecified atom stereocenters. The van der Waals surface area contributed by atoms with E-state index in [1.54, 1.807) is 0 Å². The van der Waals surface area contributed by atoms with Crippen molar-refractivity contribution in [3.8, 4) is 0 Å². The van der Waals surface area contributed by atoms with Crippen LogP contribution in [0.15, 0.2) is 0 Å². The van der Waals surface area contributed by atoms with Gasteiger partial charge in [-0.15, -0.1) is 0 Å². The van der Waals surface area contributed by atoms with E-state index in [0.717, 1.165) is 0 Å². The van der Waals surface area contributed by atoms with Gasteiger partial charge in [0.05, 0.1) is 0 Å². The summed E-state index contributed by atoms with van der Waals surface area (Å²) in [5.74, 6) is -2.28. The van der Waals surface area contributed by atoms with Crippen LogP contribution in [0.4, 0.5) is 0 Å². The van der Waals surface area contributed by atoms with Crippen LogP contribution in [0.5, 0.6) is 0 Å². The van der Waals surface area contributed by atoms with E-state index in [0.29, 0.717) is 12.8 Å². The predicted octanol–water partition coefficient (Wildman–Crippen LogP) is -2.20. The Hall–Kier alpha value is -0.101. The number of aliphatic carboxylic acids is 2. The maximum atomic E-state index is 9.77. The summed E-state index contributed by atoms with van der Waals surface area (Å²) >= 11 is 0. The summed E-state index contributed by atoms with van der Waals surface area (Å²) in [6.45, 7) is 0. The van der Waals surface area contributed by atoms with Gasteiger partial charge in [0.15, 0.2) is 0 Å². The molecule has 2 radical (unpaired) electrons. The fourth-order valence-corrected chi connectivity index (χ4v) is 0.539. The second-order valence-corrected chi connectivity index (χ2v) is 1.95. The largest absolute Gasteiger partial charge is 3.00 e. The van der Waals surface area contributed by atoms with E-state index >= 15 is 0 Å². The third-order valence-corrected chi connectivity index (χ3v) is 1.01. The van der Waals surface area contributed by atoms with E-state index in [2.05, 4.69) is 0 Å². The van der Waals surface area contributed by atoms with Crippen molar-refractivity contribution in [1.29, 1.82) is 0 Å². The summed E-state index contributed by atoms with van der Waals surface area (Å²) < 4.78 is 0. The summed E-state index contributed by atoms with van der Waals surface area (Å²) in [6.07, 6.45) is 0.535. The number of carbonyl (C=O) groups is 2. The Morgan fingerprint density at radius 3 is 1.14 bits per heavy atom. The van der Waals surface area contributed by atoms with E-state index in [-0.39, 0.29) is 57.9 Å². The molecule has 0 bridgehead atoms. The van der Waals surface area contributed by atoms with Gasteiger partial charge in [-0.1, -0.05) is 0 Å². The minimum atomic E-state index is -1.14. The Morgan fingerprint density at radius 1 is 0.786 bits per heavy atom. The zero-order valence-electron chi connectivity index (χ0n) is 6.99. The summed E-state index contributed by atoms with van der Waals surface area (Å²) in [7, 11) is 0. The standard InChI is InChI=1S/C6H10O4.2Fe.2O/c7-5(8)3-1-2-4-6(9)10;;;;/h1-4H2,(H,7,8)(H,9,10);;;;/q;2*+3;2*-2/p-2. The number of rotatable bonds is 5. The Morgan fingerprint density at radius 2 is 1.00 bits per heavy atom. The van der Waals surface area contributed by atoms with Gasteiger partial charge in [0.1, 0.15) is 0 Å². The number of hydrogen-bond acceptors (Lipinski definition) is 4. The smallest absolute Gasteiger partial charge is 2.00 e. The van der Waals surface area contributed by atoms with Gasteiger partial charge >= 0.3 is 34.1 Å². The average molecular weight is 288 g/mol. The molecular weight excluding hydrogens is 280 g/mol. The first-order valence-electron chi connectivity index (χ1n) is 3.02. The minimum absolute atomic E-state index is 0. The van der Waals surface area contributed by atoms with Crippen molar-refractivity contribution < 1.29 is 64.9 Å². The van der Waals surface area contributed by atoms with Crippen LogP contribution in [0.1, 0.15) is 25.7 Å². The molecule has 0 aromatic carbocycles. The molecule has 0 atom stereocenters. The summed E-state index contributed by atoms with van der Waals surface area (Å²) in [5.41, 5.74) is 0. The molecule has 14 heavy (non-hydrogen) atoms. The normalized spacial score (nSPS) is 6.57. The molecule has 6 nitrogen and oxygen atoms in total. The number of carboxylic acid groups (broad SMARTS) is 2. The van der Waals surface area contributed by atoms with Gasteiger partial charge in [-0.25, -0.2) is 0 Å². The van der Waals surface area contributed by atoms with E-state index in [1.807, 2.05) is 0 Å². The summed E-state index contributed by atoms with van der Waals surface area (Å²) in [6, 6.07) is 0. The van der Waals surface area contributed by atoms with Crippen molar-refractivity contribution in [1.82, 2.24) is 0 Å². The molecule has 0 spiro atoms. The van der Waals surface area contributed by atoms with Gasteiger partial charge in [-0.2, -0.15) is 0 Å². The van der Waals surface area contributed by atoms with Gasteiger partial charge in [-0.05, 0) is 25.7 Å². The fraction of sp³-hybridized carbons (Fsp3) is 0.667. The monoisotopic (exact) mass is 288 g/mol. The molecule has 0 amide bonds. The first-order valence-corrected chi connectivity index (χ1v) is 3.02. The third kappa shape index (κ3) is 29.7. The van der Waals surface area contributed by atoms with Gasteiger partial charge in [0.2, 0.25) is 0 Å². The molecule has 0 aromatic heterocycles. The average Bonchev–Trinajstić information content (AvgIpc) is 1.79. The Kier molecular flexibility index (Phi) is 38.9. The quantitative estimate of drug-likeness (QED) is 0.418. The van der Waals surface area contributed by atoms with E-state index in [1.165, 1.54) is 0 Å². The van der Waals surface area contributed by atoms with Gasteiger partial charge in [0.25, 0.3) is 0 Å². The molecule has 0 aliphatic carbocycles. The van der Waals surface area contributed by atoms with Gasteiger partial charge in [0, 0.05) is 11.9 Å². The molecule has 0 N–H and O–H groups in total. The van der Waals surface area contributed by atoms with Crippen molar-refractivity contribution in [2.45, 2.75) is 25.7 Å². The van der Waals surface area contributed by atoms with E-state index in [4.69, 9.17) is 0 Å². The van der Waals surface area contributed by atoms with Gasteiger partial charge < -0.3 is 30.8 Å². The van der Waals surface area contributed by atoms with Crippen molar-refractivity contribution in [3.05, 3.63) is 0 Å². The van der Waals surface area contributed by atoms with Crippen molar-refractivity contribution in [3.63, 3.8) is 0 Å². The third-order valence-electron chi connectivity index (χ3n) is 1.01. The van der Waals surface area contributed by atoms with Crippen LogP contribution < -0.4 is 10.2 Å². The molecule has 0 rings (SSSR count). The Balaban J connectivity index is -0.0000000675. The number of unbranched alkanes of at least 4 members (excludes halogenated alkanes) is 1. The molecule has 8 heteroatoms. The summed E-state index contributed by atoms with van der Waals surface area (Å²) in [4.78, 5) is 19.5. The van der Waals surface area contributed by atoms with Crippen LogP contribution in [0.2, 0.25) is 0 Å². The van der Waals surface area contributed by atoms with Crippen molar-refractivity contribution in [2.75, 3.05) is 0 Å². The molecule has 0 aromatic rings. The number of carboxylic acids is 2. The van der Waals surface area contributed by atoms with Crippen LogP contribution >= 0.6 is 0 Å². The topological polar surface area (TPSA) is 137 Å². The molecule has 0 saturated carbocycles. The Labute approximate surface area is 103 Å². The molecule has 0 aliphatic heterocycles. The zero-order valence-corrected chi connectivity index (χ0v) is 9.19.